The topological polar surface area (TPSA) is 80.5 Å². The van der Waals surface area contributed by atoms with Crippen LogP contribution in [0, 0.1) is 0 Å². The Morgan fingerprint density at radius 1 is 1.20 bits per heavy atom. The van der Waals surface area contributed by atoms with E-state index in [4.69, 9.17) is 0 Å². The molecule has 0 saturated carbocycles. The zero-order valence-corrected chi connectivity index (χ0v) is 15.0. The van der Waals surface area contributed by atoms with E-state index < -0.39 is 10.0 Å². The lowest BCUT2D eigenvalue weighted by molar-refractivity contribution is 0.101. The Morgan fingerprint density at radius 3 is 2.56 bits per heavy atom. The molecule has 0 aliphatic rings. The maximum absolute atomic E-state index is 12.5. The molecule has 3 aromatic rings. The van der Waals surface area contributed by atoms with E-state index in [-0.39, 0.29) is 16.7 Å². The van der Waals surface area contributed by atoms with Gasteiger partial charge in [0.15, 0.2) is 5.78 Å². The normalized spacial score (nSPS) is 12.0. The highest BCUT2D eigenvalue weighted by Crippen LogP contribution is 2.28. The molecule has 0 aromatic carbocycles. The Balaban J connectivity index is 2.26. The largest absolute Gasteiger partial charge is 0.313 e. The summed E-state index contributed by atoms with van der Waals surface area (Å²) in [5.74, 6) is -0.104. The molecule has 1 N–H and O–H groups in total. The first-order chi connectivity index (χ1) is 11.8. The first-order valence-corrected chi connectivity index (χ1v) is 9.37. The van der Waals surface area contributed by atoms with Crippen LogP contribution in [0.2, 0.25) is 0 Å². The van der Waals surface area contributed by atoms with Crippen LogP contribution < -0.4 is 4.72 Å². The van der Waals surface area contributed by atoms with Crippen molar-refractivity contribution in [1.82, 2.24) is 14.1 Å². The fourth-order valence-corrected chi connectivity index (χ4v) is 3.99. The Hall–Kier alpha value is -2.51. The lowest BCUT2D eigenvalue weighted by Gasteiger charge is -2.10. The van der Waals surface area contributed by atoms with Crippen LogP contribution in [-0.2, 0) is 10.0 Å². The SMILES string of the molecule is CC(=O)c1cc(-c2ccccn2)c2cc(S(=O)(=O)NC(C)C)ccn12. The Bertz CT molecular complexity index is 1040. The van der Waals surface area contributed by atoms with E-state index >= 15 is 0 Å². The van der Waals surface area contributed by atoms with Crippen molar-refractivity contribution < 1.29 is 13.2 Å². The average molecular weight is 357 g/mol. The van der Waals surface area contributed by atoms with Gasteiger partial charge in [-0.1, -0.05) is 6.07 Å². The van der Waals surface area contributed by atoms with Crippen LogP contribution in [0.25, 0.3) is 16.8 Å². The molecule has 0 radical (unpaired) electrons. The number of sulfonamides is 1. The average Bonchev–Trinajstić information content (AvgIpc) is 2.93. The van der Waals surface area contributed by atoms with Crippen molar-refractivity contribution in [1.29, 1.82) is 0 Å². The summed E-state index contributed by atoms with van der Waals surface area (Å²) in [7, 11) is -3.63. The highest BCUT2D eigenvalue weighted by molar-refractivity contribution is 7.89. The van der Waals surface area contributed by atoms with E-state index in [2.05, 4.69) is 9.71 Å². The Labute approximate surface area is 146 Å². The third kappa shape index (κ3) is 3.33. The van der Waals surface area contributed by atoms with Crippen LogP contribution in [0.4, 0.5) is 0 Å². The number of carbonyl (C=O) groups is 1. The minimum atomic E-state index is -3.63. The minimum absolute atomic E-state index is 0.104. The second kappa shape index (κ2) is 6.42. The summed E-state index contributed by atoms with van der Waals surface area (Å²) >= 11 is 0. The van der Waals surface area contributed by atoms with Crippen molar-refractivity contribution in [3.63, 3.8) is 0 Å². The summed E-state index contributed by atoms with van der Waals surface area (Å²) in [6.07, 6.45) is 3.26. The number of ketones is 1. The van der Waals surface area contributed by atoms with Crippen LogP contribution in [-0.4, -0.2) is 29.6 Å². The maximum Gasteiger partial charge on any atom is 0.240 e. The molecular weight excluding hydrogens is 338 g/mol. The fourth-order valence-electron chi connectivity index (χ4n) is 2.72. The lowest BCUT2D eigenvalue weighted by Crippen LogP contribution is -2.30. The molecule has 0 spiro atoms. The van der Waals surface area contributed by atoms with Gasteiger partial charge in [-0.3, -0.25) is 9.78 Å². The van der Waals surface area contributed by atoms with Gasteiger partial charge in [-0.05, 0) is 44.2 Å². The van der Waals surface area contributed by atoms with Gasteiger partial charge in [-0.2, -0.15) is 0 Å². The number of pyridine rings is 2. The summed E-state index contributed by atoms with van der Waals surface area (Å²) in [5, 5.41) is 0. The highest BCUT2D eigenvalue weighted by atomic mass is 32.2. The number of rotatable bonds is 5. The zero-order chi connectivity index (χ0) is 18.2. The van der Waals surface area contributed by atoms with Crippen LogP contribution >= 0.6 is 0 Å². The molecule has 0 atom stereocenters. The van der Waals surface area contributed by atoms with Crippen LogP contribution in [0.5, 0.6) is 0 Å². The minimum Gasteiger partial charge on any atom is -0.313 e. The molecule has 7 heteroatoms. The second-order valence-electron chi connectivity index (χ2n) is 6.11. The smallest absolute Gasteiger partial charge is 0.240 e. The number of hydrogen-bond donors (Lipinski definition) is 1. The predicted octanol–water partition coefficient (Wildman–Crippen LogP) is 2.89. The van der Waals surface area contributed by atoms with E-state index in [1.54, 1.807) is 48.8 Å². The molecule has 6 nitrogen and oxygen atoms in total. The third-order valence-corrected chi connectivity index (χ3v) is 5.40. The van der Waals surface area contributed by atoms with Gasteiger partial charge in [0.25, 0.3) is 0 Å². The lowest BCUT2D eigenvalue weighted by atomic mass is 10.1. The van der Waals surface area contributed by atoms with Gasteiger partial charge in [0, 0.05) is 30.9 Å². The predicted molar refractivity (Wildman–Crippen MR) is 96.1 cm³/mol. The molecule has 0 saturated heterocycles. The molecule has 3 heterocycles. The molecular formula is C18H19N3O3S. The number of aromatic nitrogens is 2. The monoisotopic (exact) mass is 357 g/mol. The number of nitrogens with one attached hydrogen (secondary N) is 1. The molecule has 0 aliphatic heterocycles. The van der Waals surface area contributed by atoms with Crippen molar-refractivity contribution in [3.05, 3.63) is 54.5 Å². The van der Waals surface area contributed by atoms with Gasteiger partial charge in [0.1, 0.15) is 0 Å². The Kier molecular flexibility index (Phi) is 4.45. The molecule has 0 aliphatic carbocycles. The summed E-state index contributed by atoms with van der Waals surface area (Å²) in [4.78, 5) is 16.4. The van der Waals surface area contributed by atoms with Gasteiger partial charge in [0.05, 0.1) is 21.8 Å². The van der Waals surface area contributed by atoms with E-state index in [1.807, 2.05) is 12.1 Å². The standard InChI is InChI=1S/C18H19N3O3S/c1-12(2)20-25(23,24)14-7-9-21-17(13(3)22)11-15(18(21)10-14)16-6-4-5-8-19-16/h4-12,20H,1-3H3. The number of fused-ring (bicyclic) bond motifs is 1. The molecule has 3 rings (SSSR count). The number of carbonyl (C=O) groups excluding carboxylic acids is 1. The first-order valence-electron chi connectivity index (χ1n) is 7.89. The van der Waals surface area contributed by atoms with Crippen LogP contribution in [0.15, 0.2) is 53.7 Å². The van der Waals surface area contributed by atoms with Gasteiger partial charge in [0.2, 0.25) is 10.0 Å². The number of nitrogens with zero attached hydrogens (tertiary/aromatic N) is 2. The van der Waals surface area contributed by atoms with E-state index in [0.29, 0.717) is 22.5 Å². The zero-order valence-electron chi connectivity index (χ0n) is 14.2. The van der Waals surface area contributed by atoms with Gasteiger partial charge >= 0.3 is 0 Å². The second-order valence-corrected chi connectivity index (χ2v) is 7.82. The summed E-state index contributed by atoms with van der Waals surface area (Å²) in [6, 6.07) is 10.1. The number of Topliss-reactive ketones (excluding diaryl/α,β-unsaturated/α-hetero) is 1. The van der Waals surface area contributed by atoms with Crippen molar-refractivity contribution in [2.45, 2.75) is 31.7 Å². The fraction of sp³-hybridized carbons (Fsp3) is 0.222. The first kappa shape index (κ1) is 17.3. The van der Waals surface area contributed by atoms with E-state index in [1.165, 1.54) is 13.0 Å². The Morgan fingerprint density at radius 2 is 1.96 bits per heavy atom. The quantitative estimate of drug-likeness (QED) is 0.712. The number of hydrogen-bond acceptors (Lipinski definition) is 4. The van der Waals surface area contributed by atoms with Crippen molar-refractivity contribution >= 4 is 21.3 Å². The van der Waals surface area contributed by atoms with E-state index in [9.17, 15) is 13.2 Å². The summed E-state index contributed by atoms with van der Waals surface area (Å²) in [6.45, 7) is 5.01. The molecule has 0 bridgehead atoms. The molecule has 130 valence electrons. The summed E-state index contributed by atoms with van der Waals surface area (Å²) < 4.78 is 29.2. The third-order valence-electron chi connectivity index (χ3n) is 3.75. The molecule has 0 unspecified atom stereocenters. The van der Waals surface area contributed by atoms with E-state index in [0.717, 1.165) is 0 Å². The van der Waals surface area contributed by atoms with Gasteiger partial charge in [-0.15, -0.1) is 0 Å². The van der Waals surface area contributed by atoms with Crippen molar-refractivity contribution in [2.75, 3.05) is 0 Å². The summed E-state index contributed by atoms with van der Waals surface area (Å²) in [5.41, 5.74) is 2.50. The van der Waals surface area contributed by atoms with Gasteiger partial charge in [-0.25, -0.2) is 13.1 Å². The van der Waals surface area contributed by atoms with Crippen LogP contribution in [0.3, 0.4) is 0 Å². The highest BCUT2D eigenvalue weighted by Gasteiger charge is 2.20. The maximum atomic E-state index is 12.5. The van der Waals surface area contributed by atoms with Gasteiger partial charge < -0.3 is 4.40 Å². The van der Waals surface area contributed by atoms with Crippen molar-refractivity contribution in [3.8, 4) is 11.3 Å². The molecule has 25 heavy (non-hydrogen) atoms. The van der Waals surface area contributed by atoms with Crippen LogP contribution in [0.1, 0.15) is 31.3 Å². The molecule has 0 fully saturated rings. The molecule has 3 aromatic heterocycles. The van der Waals surface area contributed by atoms with Crippen molar-refractivity contribution in [2.24, 2.45) is 0 Å². The molecule has 0 amide bonds.